The van der Waals surface area contributed by atoms with Crippen molar-refractivity contribution in [2.45, 2.75) is 0 Å². The van der Waals surface area contributed by atoms with Crippen LogP contribution in [0, 0.1) is 0 Å². The van der Waals surface area contributed by atoms with Crippen LogP contribution in [0.3, 0.4) is 0 Å². The molecule has 0 spiro atoms. The number of rotatable bonds is 3. The van der Waals surface area contributed by atoms with Crippen LogP contribution in [0.1, 0.15) is 10.4 Å². The second-order valence-corrected chi connectivity index (χ2v) is 5.13. The van der Waals surface area contributed by atoms with Crippen LogP contribution in [0.5, 0.6) is 0 Å². The molecular weight excluding hydrogens is 258 g/mol. The number of benzene rings is 1. The Morgan fingerprint density at radius 3 is 2.55 bits per heavy atom. The Bertz CT molecular complexity index is 565. The molecule has 0 saturated carbocycles. The lowest BCUT2D eigenvalue weighted by molar-refractivity contribution is -0.902. The molecule has 1 aromatic carbocycles. The highest BCUT2D eigenvalue weighted by Gasteiger charge is 2.37. The van der Waals surface area contributed by atoms with Crippen LogP contribution in [0.15, 0.2) is 24.3 Å². The largest absolute Gasteiger partial charge is 0.334 e. The van der Waals surface area contributed by atoms with Crippen LogP contribution < -0.4 is 9.80 Å². The number of carbonyl (C=O) groups excluding carboxylic acids is 3. The van der Waals surface area contributed by atoms with Gasteiger partial charge in [-0.3, -0.25) is 19.3 Å². The van der Waals surface area contributed by atoms with Crippen molar-refractivity contribution in [1.29, 1.82) is 0 Å². The number of carbonyl (C=O) groups is 3. The first-order chi connectivity index (χ1) is 9.70. The number of ketones is 1. The Labute approximate surface area is 116 Å². The highest BCUT2D eigenvalue weighted by atomic mass is 16.2. The SMILES string of the molecule is O=CN1CC[NH+](CN2C(=O)C(=O)c3ccccc32)CC1. The molecule has 6 heteroatoms. The van der Waals surface area contributed by atoms with Gasteiger partial charge in [-0.15, -0.1) is 0 Å². The van der Waals surface area contributed by atoms with Crippen LogP contribution in [0.2, 0.25) is 0 Å². The maximum atomic E-state index is 12.1. The Morgan fingerprint density at radius 2 is 1.85 bits per heavy atom. The second kappa shape index (κ2) is 5.05. The maximum Gasteiger partial charge on any atom is 0.303 e. The number of para-hydroxylation sites is 1. The molecule has 0 atom stereocenters. The topological polar surface area (TPSA) is 62.1 Å². The average Bonchev–Trinajstić information content (AvgIpc) is 2.74. The highest BCUT2D eigenvalue weighted by Crippen LogP contribution is 2.27. The van der Waals surface area contributed by atoms with Crippen molar-refractivity contribution in [3.63, 3.8) is 0 Å². The summed E-state index contributed by atoms with van der Waals surface area (Å²) < 4.78 is 0. The van der Waals surface area contributed by atoms with Crippen molar-refractivity contribution in [1.82, 2.24) is 4.90 Å². The zero-order chi connectivity index (χ0) is 14.1. The number of hydrogen-bond acceptors (Lipinski definition) is 3. The Balaban J connectivity index is 1.74. The molecule has 3 rings (SSSR count). The summed E-state index contributed by atoms with van der Waals surface area (Å²) >= 11 is 0. The van der Waals surface area contributed by atoms with Crippen molar-refractivity contribution < 1.29 is 19.3 Å². The third-order valence-electron chi connectivity index (χ3n) is 3.91. The smallest absolute Gasteiger partial charge is 0.303 e. The molecule has 2 amide bonds. The molecule has 2 heterocycles. The normalized spacial score (nSPS) is 19.4. The predicted molar refractivity (Wildman–Crippen MR) is 71.5 cm³/mol. The summed E-state index contributed by atoms with van der Waals surface area (Å²) in [6.45, 7) is 3.44. The summed E-state index contributed by atoms with van der Waals surface area (Å²) in [4.78, 5) is 39.1. The van der Waals surface area contributed by atoms with Gasteiger partial charge in [-0.1, -0.05) is 12.1 Å². The van der Waals surface area contributed by atoms with E-state index in [-0.39, 0.29) is 0 Å². The molecule has 1 fully saturated rings. The number of quaternary nitrogens is 1. The van der Waals surface area contributed by atoms with Crippen molar-refractivity contribution in [3.8, 4) is 0 Å². The van der Waals surface area contributed by atoms with Crippen LogP contribution >= 0.6 is 0 Å². The van der Waals surface area contributed by atoms with Gasteiger partial charge in [-0.2, -0.15) is 0 Å². The molecule has 0 unspecified atom stereocenters. The number of anilines is 1. The summed E-state index contributed by atoms with van der Waals surface area (Å²) in [6, 6.07) is 7.09. The Kier molecular flexibility index (Phi) is 3.23. The van der Waals surface area contributed by atoms with Gasteiger partial charge in [0.1, 0.15) is 0 Å². The third-order valence-corrected chi connectivity index (χ3v) is 3.91. The summed E-state index contributed by atoms with van der Waals surface area (Å²) in [7, 11) is 0. The van der Waals surface area contributed by atoms with Crippen molar-refractivity contribution in [2.75, 3.05) is 37.7 Å². The quantitative estimate of drug-likeness (QED) is 0.541. The molecule has 2 aliphatic heterocycles. The Morgan fingerprint density at radius 1 is 1.15 bits per heavy atom. The maximum absolute atomic E-state index is 12.1. The van der Waals surface area contributed by atoms with Gasteiger partial charge in [0, 0.05) is 0 Å². The molecule has 1 N–H and O–H groups in total. The molecule has 1 aromatic rings. The monoisotopic (exact) mass is 274 g/mol. The lowest BCUT2D eigenvalue weighted by Crippen LogP contribution is -3.16. The van der Waals surface area contributed by atoms with E-state index in [0.29, 0.717) is 31.0 Å². The van der Waals surface area contributed by atoms with Gasteiger partial charge in [0.25, 0.3) is 5.78 Å². The minimum absolute atomic E-state index is 0.425. The van der Waals surface area contributed by atoms with Crippen LogP contribution in [-0.4, -0.2) is 55.8 Å². The van der Waals surface area contributed by atoms with E-state index in [1.807, 2.05) is 6.07 Å². The molecule has 0 aromatic heterocycles. The molecule has 0 aliphatic carbocycles. The first-order valence-corrected chi connectivity index (χ1v) is 6.69. The minimum atomic E-state index is -0.448. The van der Waals surface area contributed by atoms with Gasteiger partial charge in [-0.05, 0) is 12.1 Å². The number of nitrogens with one attached hydrogen (secondary N) is 1. The van der Waals surface area contributed by atoms with E-state index in [4.69, 9.17) is 0 Å². The molecular formula is C14H16N3O3+. The summed E-state index contributed by atoms with van der Waals surface area (Å²) in [5.74, 6) is -0.872. The highest BCUT2D eigenvalue weighted by molar-refractivity contribution is 6.52. The predicted octanol–water partition coefficient (Wildman–Crippen LogP) is -1.47. The van der Waals surface area contributed by atoms with Crippen LogP contribution in [0.25, 0.3) is 0 Å². The van der Waals surface area contributed by atoms with Crippen molar-refractivity contribution in [3.05, 3.63) is 29.8 Å². The molecule has 104 valence electrons. The molecule has 1 saturated heterocycles. The molecule has 2 aliphatic rings. The fraction of sp³-hybridized carbons (Fsp3) is 0.357. The van der Waals surface area contributed by atoms with Gasteiger partial charge in [0.2, 0.25) is 6.41 Å². The standard InChI is InChI=1S/C14H15N3O3/c18-10-16-7-5-15(6-8-16)9-17-12-4-2-1-3-11(12)13(19)14(17)20/h1-4,10H,5-9H2/p+1. The van der Waals surface area contributed by atoms with Gasteiger partial charge >= 0.3 is 5.91 Å². The van der Waals surface area contributed by atoms with Crippen LogP contribution in [-0.2, 0) is 9.59 Å². The number of fused-ring (bicyclic) bond motifs is 1. The molecule has 0 bridgehead atoms. The van der Waals surface area contributed by atoms with E-state index >= 15 is 0 Å². The summed E-state index contributed by atoms with van der Waals surface area (Å²) in [5, 5.41) is 0. The third kappa shape index (κ3) is 2.08. The summed E-state index contributed by atoms with van der Waals surface area (Å²) in [5.41, 5.74) is 1.19. The number of piperazine rings is 1. The zero-order valence-electron chi connectivity index (χ0n) is 11.0. The number of nitrogens with zero attached hydrogens (tertiary/aromatic N) is 2. The number of Topliss-reactive ketones (excluding diaryl/α,β-unsaturated/α-hetero) is 1. The Hall–Kier alpha value is -2.21. The molecule has 6 nitrogen and oxygen atoms in total. The van der Waals surface area contributed by atoms with Crippen molar-refractivity contribution in [2.24, 2.45) is 0 Å². The second-order valence-electron chi connectivity index (χ2n) is 5.13. The summed E-state index contributed by atoms with van der Waals surface area (Å²) in [6.07, 6.45) is 0.858. The van der Waals surface area contributed by atoms with E-state index in [9.17, 15) is 14.4 Å². The fourth-order valence-electron chi connectivity index (χ4n) is 2.73. The molecule has 20 heavy (non-hydrogen) atoms. The van der Waals surface area contributed by atoms with E-state index < -0.39 is 11.7 Å². The van der Waals surface area contributed by atoms with Gasteiger partial charge in [0.05, 0.1) is 37.4 Å². The first kappa shape index (κ1) is 12.8. The first-order valence-electron chi connectivity index (χ1n) is 6.69. The van der Waals surface area contributed by atoms with E-state index in [2.05, 4.69) is 0 Å². The van der Waals surface area contributed by atoms with E-state index in [1.54, 1.807) is 28.0 Å². The van der Waals surface area contributed by atoms with E-state index in [0.717, 1.165) is 19.5 Å². The number of amides is 2. The van der Waals surface area contributed by atoms with Crippen molar-refractivity contribution >= 4 is 23.8 Å². The lowest BCUT2D eigenvalue weighted by atomic mass is 10.1. The molecule has 0 radical (unpaired) electrons. The minimum Gasteiger partial charge on any atom is -0.334 e. The van der Waals surface area contributed by atoms with Gasteiger partial charge in [-0.25, -0.2) is 0 Å². The average molecular weight is 274 g/mol. The fourth-order valence-corrected chi connectivity index (χ4v) is 2.73. The number of hydrogen-bond donors (Lipinski definition) is 1. The lowest BCUT2D eigenvalue weighted by Gasteiger charge is -2.32. The van der Waals surface area contributed by atoms with E-state index in [1.165, 1.54) is 4.90 Å². The zero-order valence-corrected chi connectivity index (χ0v) is 11.0. The van der Waals surface area contributed by atoms with Crippen LogP contribution in [0.4, 0.5) is 5.69 Å². The van der Waals surface area contributed by atoms with Gasteiger partial charge < -0.3 is 9.80 Å². The van der Waals surface area contributed by atoms with Gasteiger partial charge in [0.15, 0.2) is 6.67 Å².